The highest BCUT2D eigenvalue weighted by molar-refractivity contribution is 8.00. The van der Waals surface area contributed by atoms with Gasteiger partial charge in [-0.1, -0.05) is 30.0 Å². The first-order chi connectivity index (χ1) is 10.5. The molecule has 2 rings (SSSR count). The monoisotopic (exact) mass is 340 g/mol. The molecule has 1 aromatic heterocycles. The van der Waals surface area contributed by atoms with Crippen molar-refractivity contribution in [2.75, 3.05) is 18.6 Å². The molecule has 0 aliphatic heterocycles. The number of sulfone groups is 1. The van der Waals surface area contributed by atoms with Crippen LogP contribution in [-0.4, -0.2) is 42.6 Å². The van der Waals surface area contributed by atoms with Gasteiger partial charge in [-0.25, -0.2) is 18.2 Å². The third-order valence-corrected chi connectivity index (χ3v) is 6.06. The maximum Gasteiger partial charge on any atom is 0.356 e. The first kappa shape index (κ1) is 16.6. The molecule has 0 unspecified atom stereocenters. The van der Waals surface area contributed by atoms with Gasteiger partial charge in [0.1, 0.15) is 5.69 Å². The van der Waals surface area contributed by atoms with Crippen molar-refractivity contribution in [2.45, 2.75) is 10.1 Å². The molecule has 0 radical (unpaired) electrons. The molecular weight excluding hydrogens is 324 g/mol. The van der Waals surface area contributed by atoms with Gasteiger partial charge in [-0.05, 0) is 12.1 Å². The number of esters is 1. The van der Waals surface area contributed by atoms with Crippen molar-refractivity contribution in [2.24, 2.45) is 7.05 Å². The quantitative estimate of drug-likeness (QED) is 0.589. The molecule has 0 amide bonds. The maximum absolute atomic E-state index is 12.2. The summed E-state index contributed by atoms with van der Waals surface area (Å²) in [7, 11) is -0.319. The first-order valence-corrected chi connectivity index (χ1v) is 9.10. The van der Waals surface area contributed by atoms with Crippen LogP contribution < -0.4 is 0 Å². The Morgan fingerprint density at radius 1 is 1.32 bits per heavy atom. The summed E-state index contributed by atoms with van der Waals surface area (Å²) in [5, 5.41) is 0.573. The zero-order valence-electron chi connectivity index (χ0n) is 12.2. The van der Waals surface area contributed by atoms with Gasteiger partial charge in [0.2, 0.25) is 0 Å². The van der Waals surface area contributed by atoms with Gasteiger partial charge in [0.05, 0.1) is 24.0 Å². The smallest absolute Gasteiger partial charge is 0.356 e. The standard InChI is InChI=1S/C14H16N2O4S2/c1-16-12(13(17)20-2)10-15-14(16)21-8-9-22(18,19)11-6-4-3-5-7-11/h3-7,10H,8-9H2,1-2H3. The number of rotatable bonds is 6. The summed E-state index contributed by atoms with van der Waals surface area (Å²) in [5.74, 6) is -0.121. The molecule has 1 aromatic carbocycles. The Morgan fingerprint density at radius 3 is 2.64 bits per heavy atom. The van der Waals surface area contributed by atoms with Crippen LogP contribution in [-0.2, 0) is 21.6 Å². The second-order valence-corrected chi connectivity index (χ2v) is 7.63. The van der Waals surface area contributed by atoms with Crippen molar-refractivity contribution in [3.05, 3.63) is 42.2 Å². The van der Waals surface area contributed by atoms with Crippen molar-refractivity contribution in [3.8, 4) is 0 Å². The number of carbonyl (C=O) groups excluding carboxylic acids is 1. The summed E-state index contributed by atoms with van der Waals surface area (Å²) >= 11 is 1.28. The van der Waals surface area contributed by atoms with Gasteiger partial charge < -0.3 is 9.30 Å². The zero-order chi connectivity index (χ0) is 16.2. The molecule has 0 atom stereocenters. The van der Waals surface area contributed by atoms with E-state index >= 15 is 0 Å². The molecule has 0 saturated carbocycles. The fraction of sp³-hybridized carbons (Fsp3) is 0.286. The van der Waals surface area contributed by atoms with E-state index in [1.807, 2.05) is 0 Å². The summed E-state index contributed by atoms with van der Waals surface area (Å²) in [6, 6.07) is 8.32. The van der Waals surface area contributed by atoms with E-state index in [0.29, 0.717) is 21.5 Å². The van der Waals surface area contributed by atoms with E-state index in [2.05, 4.69) is 9.72 Å². The minimum absolute atomic E-state index is 0.00208. The van der Waals surface area contributed by atoms with Crippen LogP contribution >= 0.6 is 11.8 Å². The molecule has 118 valence electrons. The molecule has 0 spiro atoms. The number of nitrogens with zero attached hydrogens (tertiary/aromatic N) is 2. The van der Waals surface area contributed by atoms with Gasteiger partial charge in [0.15, 0.2) is 15.0 Å². The first-order valence-electron chi connectivity index (χ1n) is 6.46. The third kappa shape index (κ3) is 3.69. The predicted octanol–water partition coefficient (Wildman–Crippen LogP) is 1.77. The number of benzene rings is 1. The zero-order valence-corrected chi connectivity index (χ0v) is 13.9. The number of carbonyl (C=O) groups is 1. The van der Waals surface area contributed by atoms with Gasteiger partial charge in [-0.3, -0.25) is 0 Å². The Hall–Kier alpha value is -1.80. The maximum atomic E-state index is 12.2. The van der Waals surface area contributed by atoms with Crippen molar-refractivity contribution in [3.63, 3.8) is 0 Å². The Bertz CT molecular complexity index is 754. The van der Waals surface area contributed by atoms with Gasteiger partial charge in [-0.2, -0.15) is 0 Å². The minimum Gasteiger partial charge on any atom is -0.464 e. The average molecular weight is 340 g/mol. The van der Waals surface area contributed by atoms with Crippen LogP contribution in [0.2, 0.25) is 0 Å². The number of aromatic nitrogens is 2. The molecule has 2 aromatic rings. The summed E-state index contributed by atoms with van der Waals surface area (Å²) in [5.41, 5.74) is 0.330. The van der Waals surface area contributed by atoms with Crippen molar-refractivity contribution in [1.82, 2.24) is 9.55 Å². The molecule has 6 nitrogen and oxygen atoms in total. The van der Waals surface area contributed by atoms with Crippen LogP contribution in [0.3, 0.4) is 0 Å². The lowest BCUT2D eigenvalue weighted by Gasteiger charge is -2.05. The van der Waals surface area contributed by atoms with Crippen LogP contribution in [0.1, 0.15) is 10.5 Å². The van der Waals surface area contributed by atoms with Gasteiger partial charge in [-0.15, -0.1) is 0 Å². The minimum atomic E-state index is -3.31. The molecule has 22 heavy (non-hydrogen) atoms. The average Bonchev–Trinajstić information content (AvgIpc) is 2.88. The fourth-order valence-corrected chi connectivity index (χ4v) is 4.43. The predicted molar refractivity (Wildman–Crippen MR) is 83.8 cm³/mol. The SMILES string of the molecule is COC(=O)c1cnc(SCCS(=O)(=O)c2ccccc2)n1C. The topological polar surface area (TPSA) is 78.3 Å². The molecule has 8 heteroatoms. The highest BCUT2D eigenvalue weighted by Crippen LogP contribution is 2.19. The van der Waals surface area contributed by atoms with Crippen molar-refractivity contribution < 1.29 is 17.9 Å². The van der Waals surface area contributed by atoms with Gasteiger partial charge in [0.25, 0.3) is 0 Å². The summed E-state index contributed by atoms with van der Waals surface area (Å²) < 4.78 is 30.5. The summed E-state index contributed by atoms with van der Waals surface area (Å²) in [6.45, 7) is 0. The highest BCUT2D eigenvalue weighted by Gasteiger charge is 2.17. The number of methoxy groups -OCH3 is 1. The van der Waals surface area contributed by atoms with Crippen LogP contribution in [0, 0.1) is 0 Å². The number of thioether (sulfide) groups is 1. The molecule has 0 fully saturated rings. The number of ether oxygens (including phenoxy) is 1. The number of hydrogen-bond acceptors (Lipinski definition) is 6. The van der Waals surface area contributed by atoms with Crippen LogP contribution in [0.15, 0.2) is 46.6 Å². The highest BCUT2D eigenvalue weighted by atomic mass is 32.2. The lowest BCUT2D eigenvalue weighted by atomic mass is 10.4. The fourth-order valence-electron chi connectivity index (χ4n) is 1.81. The van der Waals surface area contributed by atoms with Gasteiger partial charge >= 0.3 is 5.97 Å². The Balaban J connectivity index is 2.00. The molecular formula is C14H16N2O4S2. The van der Waals surface area contributed by atoms with Crippen molar-refractivity contribution >= 4 is 27.6 Å². The van der Waals surface area contributed by atoms with Crippen molar-refractivity contribution in [1.29, 1.82) is 0 Å². The summed E-state index contributed by atoms with van der Waals surface area (Å²) in [6.07, 6.45) is 1.42. The number of imidazole rings is 1. The summed E-state index contributed by atoms with van der Waals surface area (Å²) in [4.78, 5) is 15.9. The lowest BCUT2D eigenvalue weighted by molar-refractivity contribution is 0.0589. The van der Waals surface area contributed by atoms with E-state index in [4.69, 9.17) is 0 Å². The Kier molecular flexibility index (Phi) is 5.25. The number of hydrogen-bond donors (Lipinski definition) is 0. The molecule has 0 aliphatic rings. The Labute approximate surface area is 133 Å². The molecule has 0 bridgehead atoms. The molecule has 0 N–H and O–H groups in total. The largest absolute Gasteiger partial charge is 0.464 e. The van der Waals surface area contributed by atoms with Crippen LogP contribution in [0.5, 0.6) is 0 Å². The van der Waals surface area contributed by atoms with Crippen LogP contribution in [0.4, 0.5) is 0 Å². The second-order valence-electron chi connectivity index (χ2n) is 4.46. The Morgan fingerprint density at radius 2 is 2.00 bits per heavy atom. The lowest BCUT2D eigenvalue weighted by Crippen LogP contribution is -2.10. The van der Waals surface area contributed by atoms with Gasteiger partial charge in [0, 0.05) is 12.8 Å². The normalized spacial score (nSPS) is 11.4. The van der Waals surface area contributed by atoms with Crippen LogP contribution in [0.25, 0.3) is 0 Å². The van der Waals surface area contributed by atoms with E-state index in [9.17, 15) is 13.2 Å². The van der Waals surface area contributed by atoms with E-state index < -0.39 is 15.8 Å². The molecule has 1 heterocycles. The molecule has 0 aliphatic carbocycles. The van der Waals surface area contributed by atoms with E-state index in [0.717, 1.165) is 0 Å². The van der Waals surface area contributed by atoms with E-state index in [-0.39, 0.29) is 5.75 Å². The second kappa shape index (κ2) is 6.97. The van der Waals surface area contributed by atoms with E-state index in [1.165, 1.54) is 25.1 Å². The molecule has 0 saturated heterocycles. The van der Waals surface area contributed by atoms with E-state index in [1.54, 1.807) is 41.9 Å². The third-order valence-electron chi connectivity index (χ3n) is 3.03.